The molecular weight excluding hydrogens is 326 g/mol. The van der Waals surface area contributed by atoms with E-state index in [0.29, 0.717) is 12.0 Å². The summed E-state index contributed by atoms with van der Waals surface area (Å²) in [5, 5.41) is 5.84. The van der Waals surface area contributed by atoms with Crippen LogP contribution in [0.1, 0.15) is 27.2 Å². The van der Waals surface area contributed by atoms with Gasteiger partial charge >= 0.3 is 0 Å². The Balaban J connectivity index is 1.83. The molecule has 0 amide bonds. The molecule has 0 saturated heterocycles. The van der Waals surface area contributed by atoms with Gasteiger partial charge in [0.05, 0.1) is 4.47 Å². The average Bonchev–Trinajstić information content (AvgIpc) is 2.44. The van der Waals surface area contributed by atoms with Crippen molar-refractivity contribution in [3.63, 3.8) is 0 Å². The summed E-state index contributed by atoms with van der Waals surface area (Å²) in [6.45, 7) is 9.37. The zero-order chi connectivity index (χ0) is 15.3. The molecular formula is C18H24BrNO. The zero-order valence-corrected chi connectivity index (χ0v) is 14.7. The molecule has 0 atom stereocenters. The molecule has 0 spiro atoms. The van der Waals surface area contributed by atoms with E-state index in [1.165, 1.54) is 17.2 Å². The van der Waals surface area contributed by atoms with Crippen LogP contribution in [0, 0.1) is 5.41 Å². The fourth-order valence-electron chi connectivity index (χ4n) is 2.15. The fraction of sp³-hybridized carbons (Fsp3) is 0.444. The van der Waals surface area contributed by atoms with Crippen LogP contribution in [0.4, 0.5) is 0 Å². The SMILES string of the molecule is CC(C)(C)CCNCCOc1ccc2ccccc2c1Br. The summed E-state index contributed by atoms with van der Waals surface area (Å²) in [5.41, 5.74) is 0.384. The van der Waals surface area contributed by atoms with Gasteiger partial charge in [-0.2, -0.15) is 0 Å². The molecule has 2 aromatic rings. The number of benzene rings is 2. The third-order valence-electron chi connectivity index (χ3n) is 3.42. The van der Waals surface area contributed by atoms with Crippen LogP contribution in [0.25, 0.3) is 10.8 Å². The van der Waals surface area contributed by atoms with Gasteiger partial charge in [-0.05, 0) is 51.1 Å². The van der Waals surface area contributed by atoms with Gasteiger partial charge in [0, 0.05) is 6.54 Å². The normalized spacial score (nSPS) is 11.8. The molecule has 1 N–H and O–H groups in total. The molecule has 3 heteroatoms. The van der Waals surface area contributed by atoms with E-state index in [9.17, 15) is 0 Å². The molecule has 0 bridgehead atoms. The van der Waals surface area contributed by atoms with Crippen molar-refractivity contribution in [3.05, 3.63) is 40.9 Å². The lowest BCUT2D eigenvalue weighted by molar-refractivity contribution is 0.303. The molecule has 114 valence electrons. The van der Waals surface area contributed by atoms with Gasteiger partial charge in [-0.15, -0.1) is 0 Å². The average molecular weight is 350 g/mol. The Morgan fingerprint density at radius 2 is 1.81 bits per heavy atom. The summed E-state index contributed by atoms with van der Waals surface area (Å²) < 4.78 is 6.91. The van der Waals surface area contributed by atoms with Gasteiger partial charge in [0.2, 0.25) is 0 Å². The Kier molecular flexibility index (Phi) is 5.65. The van der Waals surface area contributed by atoms with Gasteiger partial charge in [0.15, 0.2) is 0 Å². The molecule has 0 aromatic heterocycles. The number of ether oxygens (including phenoxy) is 1. The Bertz CT molecular complexity index is 589. The third-order valence-corrected chi connectivity index (χ3v) is 4.23. The van der Waals surface area contributed by atoms with Gasteiger partial charge in [0.25, 0.3) is 0 Å². The number of fused-ring (bicyclic) bond motifs is 1. The van der Waals surface area contributed by atoms with Crippen molar-refractivity contribution in [2.24, 2.45) is 5.41 Å². The Hall–Kier alpha value is -1.06. The van der Waals surface area contributed by atoms with Crippen LogP contribution in [-0.2, 0) is 0 Å². The Labute approximate surface area is 136 Å². The van der Waals surface area contributed by atoms with E-state index in [0.717, 1.165) is 23.3 Å². The van der Waals surface area contributed by atoms with Crippen molar-refractivity contribution < 1.29 is 4.74 Å². The molecule has 2 nitrogen and oxygen atoms in total. The molecule has 0 unspecified atom stereocenters. The smallest absolute Gasteiger partial charge is 0.134 e. The van der Waals surface area contributed by atoms with Crippen LogP contribution in [0.5, 0.6) is 5.75 Å². The summed E-state index contributed by atoms with van der Waals surface area (Å²) in [6, 6.07) is 12.4. The number of hydrogen-bond acceptors (Lipinski definition) is 2. The predicted molar refractivity (Wildman–Crippen MR) is 94.1 cm³/mol. The van der Waals surface area contributed by atoms with Gasteiger partial charge in [-0.25, -0.2) is 0 Å². The summed E-state index contributed by atoms with van der Waals surface area (Å²) >= 11 is 3.65. The lowest BCUT2D eigenvalue weighted by Gasteiger charge is -2.18. The van der Waals surface area contributed by atoms with Crippen LogP contribution >= 0.6 is 15.9 Å². The standard InChI is InChI=1S/C18H24BrNO/c1-18(2,3)10-11-20-12-13-21-16-9-8-14-6-4-5-7-15(14)17(16)19/h4-9,20H,10-13H2,1-3H3. The van der Waals surface area contributed by atoms with Crippen LogP contribution in [0.3, 0.4) is 0 Å². The van der Waals surface area contributed by atoms with E-state index in [1.54, 1.807) is 0 Å². The highest BCUT2D eigenvalue weighted by Crippen LogP contribution is 2.32. The molecule has 21 heavy (non-hydrogen) atoms. The minimum absolute atomic E-state index is 0.384. The fourth-order valence-corrected chi connectivity index (χ4v) is 2.75. The van der Waals surface area contributed by atoms with Crippen LogP contribution < -0.4 is 10.1 Å². The molecule has 0 radical (unpaired) electrons. The molecule has 0 aliphatic heterocycles. The first-order chi connectivity index (χ1) is 9.97. The molecule has 0 fully saturated rings. The van der Waals surface area contributed by atoms with Crippen LogP contribution in [-0.4, -0.2) is 19.7 Å². The third kappa shape index (κ3) is 5.01. The molecule has 0 heterocycles. The number of nitrogens with one attached hydrogen (secondary N) is 1. The van der Waals surface area contributed by atoms with Crippen molar-refractivity contribution in [1.29, 1.82) is 0 Å². The van der Waals surface area contributed by atoms with E-state index < -0.39 is 0 Å². The van der Waals surface area contributed by atoms with Crippen molar-refractivity contribution in [1.82, 2.24) is 5.32 Å². The van der Waals surface area contributed by atoms with Crippen molar-refractivity contribution >= 4 is 26.7 Å². The van der Waals surface area contributed by atoms with Crippen LogP contribution in [0.15, 0.2) is 40.9 Å². The largest absolute Gasteiger partial charge is 0.491 e. The summed E-state index contributed by atoms with van der Waals surface area (Å²) in [6.07, 6.45) is 1.17. The quantitative estimate of drug-likeness (QED) is 0.740. The highest BCUT2D eigenvalue weighted by Gasteiger charge is 2.09. The predicted octanol–water partition coefficient (Wildman–Crippen LogP) is 5.01. The van der Waals surface area contributed by atoms with Crippen molar-refractivity contribution in [3.8, 4) is 5.75 Å². The maximum absolute atomic E-state index is 5.87. The molecule has 0 saturated carbocycles. The topological polar surface area (TPSA) is 21.3 Å². The maximum Gasteiger partial charge on any atom is 0.134 e. The first-order valence-electron chi connectivity index (χ1n) is 7.48. The summed E-state index contributed by atoms with van der Waals surface area (Å²) in [4.78, 5) is 0. The summed E-state index contributed by atoms with van der Waals surface area (Å²) in [5.74, 6) is 0.909. The van der Waals surface area contributed by atoms with Crippen LogP contribution in [0.2, 0.25) is 0 Å². The monoisotopic (exact) mass is 349 g/mol. The van der Waals surface area contributed by atoms with Gasteiger partial charge in [-0.3, -0.25) is 0 Å². The lowest BCUT2D eigenvalue weighted by atomic mass is 9.92. The second kappa shape index (κ2) is 7.28. The number of rotatable bonds is 6. The molecule has 2 rings (SSSR count). The number of hydrogen-bond donors (Lipinski definition) is 1. The maximum atomic E-state index is 5.87. The van der Waals surface area contributed by atoms with Crippen molar-refractivity contribution in [2.75, 3.05) is 19.7 Å². The summed E-state index contributed by atoms with van der Waals surface area (Å²) in [7, 11) is 0. The van der Waals surface area contributed by atoms with Gasteiger partial charge in [0.1, 0.15) is 12.4 Å². The molecule has 0 aliphatic rings. The second-order valence-electron chi connectivity index (χ2n) is 6.51. The van der Waals surface area contributed by atoms with Crippen molar-refractivity contribution in [2.45, 2.75) is 27.2 Å². The Morgan fingerprint density at radius 1 is 1.05 bits per heavy atom. The van der Waals surface area contributed by atoms with E-state index in [4.69, 9.17) is 4.74 Å². The molecule has 0 aliphatic carbocycles. The first kappa shape index (κ1) is 16.3. The van der Waals surface area contributed by atoms with E-state index >= 15 is 0 Å². The minimum atomic E-state index is 0.384. The van der Waals surface area contributed by atoms with E-state index in [1.807, 2.05) is 12.1 Å². The Morgan fingerprint density at radius 3 is 2.57 bits per heavy atom. The number of halogens is 1. The molecule has 2 aromatic carbocycles. The highest BCUT2D eigenvalue weighted by atomic mass is 79.9. The zero-order valence-electron chi connectivity index (χ0n) is 13.1. The highest BCUT2D eigenvalue weighted by molar-refractivity contribution is 9.10. The second-order valence-corrected chi connectivity index (χ2v) is 7.30. The van der Waals surface area contributed by atoms with E-state index in [-0.39, 0.29) is 0 Å². The van der Waals surface area contributed by atoms with Gasteiger partial charge in [-0.1, -0.05) is 51.1 Å². The van der Waals surface area contributed by atoms with Gasteiger partial charge < -0.3 is 10.1 Å². The minimum Gasteiger partial charge on any atom is -0.491 e. The lowest BCUT2D eigenvalue weighted by Crippen LogP contribution is -2.25. The van der Waals surface area contributed by atoms with E-state index in [2.05, 4.69) is 66.3 Å². The first-order valence-corrected chi connectivity index (χ1v) is 8.27.